The van der Waals surface area contributed by atoms with Crippen LogP contribution >= 0.6 is 11.9 Å². The van der Waals surface area contributed by atoms with Crippen LogP contribution in [0.25, 0.3) is 22.2 Å². The van der Waals surface area contributed by atoms with Crippen molar-refractivity contribution in [3.63, 3.8) is 0 Å². The van der Waals surface area contributed by atoms with Gasteiger partial charge in [-0.25, -0.2) is 9.78 Å². The van der Waals surface area contributed by atoms with Gasteiger partial charge in [-0.3, -0.25) is 19.1 Å². The topological polar surface area (TPSA) is 168 Å². The van der Waals surface area contributed by atoms with Crippen molar-refractivity contribution in [1.82, 2.24) is 25.2 Å². The van der Waals surface area contributed by atoms with Crippen molar-refractivity contribution in [2.75, 3.05) is 26.9 Å². The molecule has 14 heteroatoms. The lowest BCUT2D eigenvalue weighted by molar-refractivity contribution is -0.143. The zero-order valence-electron chi connectivity index (χ0n) is 32.2. The Bertz CT molecular complexity index is 2030. The first-order chi connectivity index (χ1) is 26.8. The molecule has 1 fully saturated rings. The molecule has 0 spiro atoms. The number of pyridine rings is 1. The Kier molecular flexibility index (Phi) is 13.6. The second kappa shape index (κ2) is 18.4. The number of hydrogen-bond donors (Lipinski definition) is 4. The fourth-order valence-corrected chi connectivity index (χ4v) is 6.84. The van der Waals surface area contributed by atoms with Crippen LogP contribution in [0.5, 0.6) is 11.5 Å². The van der Waals surface area contributed by atoms with Gasteiger partial charge in [0.15, 0.2) is 0 Å². The Morgan fingerprint density at radius 2 is 1.75 bits per heavy atom. The predicted molar refractivity (Wildman–Crippen MR) is 215 cm³/mol. The minimum Gasteiger partial charge on any atom is -0.497 e. The van der Waals surface area contributed by atoms with Gasteiger partial charge in [0.25, 0.3) is 5.91 Å². The zero-order chi connectivity index (χ0) is 40.5. The van der Waals surface area contributed by atoms with Gasteiger partial charge in [-0.05, 0) is 76.7 Å². The van der Waals surface area contributed by atoms with E-state index in [1.165, 1.54) is 11.8 Å². The number of aliphatic hydroxyl groups is 1. The van der Waals surface area contributed by atoms with Crippen LogP contribution in [0.4, 0.5) is 4.79 Å². The largest absolute Gasteiger partial charge is 0.497 e. The molecule has 0 saturated heterocycles. The molecule has 1 saturated carbocycles. The minimum absolute atomic E-state index is 0.0738. The molecule has 1 aromatic heterocycles. The minimum atomic E-state index is -1.27. The highest BCUT2D eigenvalue weighted by molar-refractivity contribution is 7.98. The van der Waals surface area contributed by atoms with Crippen molar-refractivity contribution in [2.24, 2.45) is 5.92 Å². The van der Waals surface area contributed by atoms with Gasteiger partial charge in [0.1, 0.15) is 41.3 Å². The molecule has 0 bridgehead atoms. The molecule has 1 aliphatic rings. The lowest BCUT2D eigenvalue weighted by Gasteiger charge is -2.33. The summed E-state index contributed by atoms with van der Waals surface area (Å²) in [5, 5.41) is 16.1. The molecule has 0 radical (unpaired) electrons. The van der Waals surface area contributed by atoms with E-state index in [-0.39, 0.29) is 25.5 Å². The highest BCUT2D eigenvalue weighted by atomic mass is 32.2. The fourth-order valence-electron chi connectivity index (χ4n) is 6.15. The van der Waals surface area contributed by atoms with Gasteiger partial charge >= 0.3 is 6.09 Å². The smallest absolute Gasteiger partial charge is 0.408 e. The van der Waals surface area contributed by atoms with Gasteiger partial charge in [0, 0.05) is 40.5 Å². The molecule has 0 aliphatic heterocycles. The Labute approximate surface area is 331 Å². The number of nitrogens with zero attached hydrogens (tertiary/aromatic N) is 2. The van der Waals surface area contributed by atoms with Crippen LogP contribution in [-0.2, 0) is 19.1 Å². The Hall–Kier alpha value is -5.60. The van der Waals surface area contributed by atoms with Gasteiger partial charge in [-0.2, -0.15) is 0 Å². The Morgan fingerprint density at radius 1 is 1.05 bits per heavy atom. The number of carbonyl (C=O) groups excluding carboxylic acids is 4. The van der Waals surface area contributed by atoms with Crippen LogP contribution in [0.15, 0.2) is 102 Å². The number of aliphatic hydroxyl groups excluding tert-OH is 1. The second-order valence-electron chi connectivity index (χ2n) is 14.4. The fraction of sp³-hybridized carbons (Fsp3) is 0.357. The number of rotatable bonds is 17. The molecule has 1 heterocycles. The summed E-state index contributed by atoms with van der Waals surface area (Å²) >= 11 is 1.13. The van der Waals surface area contributed by atoms with Crippen molar-refractivity contribution in [1.29, 1.82) is 0 Å². The molecule has 4 unspecified atom stereocenters. The molecule has 296 valence electrons. The number of carbonyl (C=O) groups is 4. The number of aromatic nitrogens is 1. The Morgan fingerprint density at radius 3 is 2.38 bits per heavy atom. The first-order valence-electron chi connectivity index (χ1n) is 18.3. The van der Waals surface area contributed by atoms with E-state index in [1.54, 1.807) is 46.1 Å². The maximum atomic E-state index is 14.3. The highest BCUT2D eigenvalue weighted by Gasteiger charge is 2.60. The molecule has 1 aliphatic carbocycles. The third-order valence-corrected chi connectivity index (χ3v) is 10.0. The molecule has 5 rings (SSSR count). The molecule has 56 heavy (non-hydrogen) atoms. The maximum absolute atomic E-state index is 14.3. The number of methoxy groups -OCH3 is 1. The zero-order valence-corrected chi connectivity index (χ0v) is 33.1. The molecule has 4 N–H and O–H groups in total. The van der Waals surface area contributed by atoms with Crippen molar-refractivity contribution in [3.8, 4) is 22.8 Å². The van der Waals surface area contributed by atoms with Crippen LogP contribution in [0.2, 0.25) is 0 Å². The molecule has 13 nitrogen and oxygen atoms in total. The lowest BCUT2D eigenvalue weighted by atomic mass is 10.1. The summed E-state index contributed by atoms with van der Waals surface area (Å²) in [5.74, 6) is -0.896. The summed E-state index contributed by atoms with van der Waals surface area (Å²) in [6.07, 6.45) is 0.935. The number of alkyl carbamates (subject to hydrolysis) is 1. The number of fused-ring (bicyclic) bond motifs is 1. The van der Waals surface area contributed by atoms with Crippen LogP contribution < -0.4 is 24.8 Å². The van der Waals surface area contributed by atoms with E-state index in [9.17, 15) is 24.3 Å². The summed E-state index contributed by atoms with van der Waals surface area (Å²) in [6.45, 7) is 9.83. The second-order valence-corrected chi connectivity index (χ2v) is 15.3. The maximum Gasteiger partial charge on any atom is 0.408 e. The molecule has 3 aromatic carbocycles. The van der Waals surface area contributed by atoms with E-state index >= 15 is 0 Å². The monoisotopic (exact) mass is 783 g/mol. The number of benzene rings is 3. The van der Waals surface area contributed by atoms with E-state index in [1.807, 2.05) is 72.8 Å². The van der Waals surface area contributed by atoms with Gasteiger partial charge in [-0.15, -0.1) is 6.58 Å². The summed E-state index contributed by atoms with van der Waals surface area (Å²) < 4.78 is 20.0. The molecule has 4 aromatic rings. The molecular weight excluding hydrogens is 735 g/mol. The third kappa shape index (κ3) is 10.4. The van der Waals surface area contributed by atoms with Crippen LogP contribution in [0.3, 0.4) is 0 Å². The van der Waals surface area contributed by atoms with E-state index in [0.717, 1.165) is 22.4 Å². The van der Waals surface area contributed by atoms with E-state index in [4.69, 9.17) is 19.2 Å². The van der Waals surface area contributed by atoms with Gasteiger partial charge < -0.3 is 34.9 Å². The summed E-state index contributed by atoms with van der Waals surface area (Å²) in [6, 6.07) is 23.7. The normalized spacial score (nSPS) is 17.1. The van der Waals surface area contributed by atoms with E-state index in [0.29, 0.717) is 34.5 Å². The first-order valence-corrected chi connectivity index (χ1v) is 19.1. The summed E-state index contributed by atoms with van der Waals surface area (Å²) in [5.41, 5.74) is 0.0161. The van der Waals surface area contributed by atoms with Crippen molar-refractivity contribution >= 4 is 46.7 Å². The van der Waals surface area contributed by atoms with Crippen LogP contribution in [-0.4, -0.2) is 88.9 Å². The standard InChI is InChI=1S/C42H49N5O8S/c1-7-29-26-42(29,39(51)46-56-31-16-12-9-13-17-31)45-37(49)27(2)47(38(50)33(20-22-48)44-40(52)55-41(3,4)5)21-23-54-36-25-34(28-14-10-8-11-15-28)43-35-24-30(53-6)18-19-32(35)36/h7-19,24-25,27,29,33,48H,1,20-23,26H2,2-6H3,(H,44,52)(H,45,49)(H,46,51). The van der Waals surface area contributed by atoms with Crippen molar-refractivity contribution < 1.29 is 38.5 Å². The first kappa shape index (κ1) is 41.6. The lowest BCUT2D eigenvalue weighted by Crippen LogP contribution is -2.59. The van der Waals surface area contributed by atoms with E-state index < -0.39 is 53.6 Å². The molecule has 4 amide bonds. The van der Waals surface area contributed by atoms with Gasteiger partial charge in [0.2, 0.25) is 11.8 Å². The third-order valence-electron chi connectivity index (χ3n) is 9.23. The predicted octanol–water partition coefficient (Wildman–Crippen LogP) is 5.67. The number of nitrogens with one attached hydrogen (secondary N) is 3. The highest BCUT2D eigenvalue weighted by Crippen LogP contribution is 2.45. The van der Waals surface area contributed by atoms with Crippen LogP contribution in [0, 0.1) is 5.92 Å². The summed E-state index contributed by atoms with van der Waals surface area (Å²) in [7, 11) is 1.57. The SMILES string of the molecule is C=CC1CC1(NC(=O)C(C)N(CCOc1cc(-c2ccccc2)nc2cc(OC)ccc12)C(=O)C(CCO)NC(=O)OC(C)(C)C)C(=O)NSc1ccccc1. The average Bonchev–Trinajstić information content (AvgIpc) is 3.91. The average molecular weight is 784 g/mol. The van der Waals surface area contributed by atoms with Crippen LogP contribution in [0.1, 0.15) is 40.5 Å². The number of ether oxygens (including phenoxy) is 3. The molecule has 4 atom stereocenters. The van der Waals surface area contributed by atoms with Gasteiger partial charge in [0.05, 0.1) is 24.9 Å². The molecular formula is C42H49N5O8S. The number of amides is 4. The number of hydrogen-bond acceptors (Lipinski definition) is 10. The quantitative estimate of drug-likeness (QED) is 0.0774. The van der Waals surface area contributed by atoms with Crippen molar-refractivity contribution in [3.05, 3.63) is 97.6 Å². The van der Waals surface area contributed by atoms with Gasteiger partial charge in [-0.1, -0.05) is 54.6 Å². The Balaban J connectivity index is 1.41. The van der Waals surface area contributed by atoms with E-state index in [2.05, 4.69) is 21.9 Å². The summed E-state index contributed by atoms with van der Waals surface area (Å²) in [4.78, 5) is 61.7. The van der Waals surface area contributed by atoms with Crippen molar-refractivity contribution in [2.45, 2.75) is 68.7 Å².